The molecule has 2 N–H and O–H groups in total. The fourth-order valence-electron chi connectivity index (χ4n) is 3.05. The Labute approximate surface area is 184 Å². The molecule has 31 heavy (non-hydrogen) atoms. The smallest absolute Gasteiger partial charge is 0.335 e. The number of carboxylic acids is 1. The molecule has 0 saturated carbocycles. The lowest BCUT2D eigenvalue weighted by molar-refractivity contribution is -0.112. The number of carboxylic acid groups (broad SMARTS) is 1. The summed E-state index contributed by atoms with van der Waals surface area (Å²) >= 11 is 6.24. The van der Waals surface area contributed by atoms with E-state index in [1.165, 1.54) is 30.3 Å². The van der Waals surface area contributed by atoms with Gasteiger partial charge in [-0.2, -0.15) is 10.4 Å². The van der Waals surface area contributed by atoms with E-state index >= 15 is 0 Å². The molecule has 7 nitrogen and oxygen atoms in total. The summed E-state index contributed by atoms with van der Waals surface area (Å²) in [5, 5.41) is 26.2. The molecule has 0 aliphatic carbocycles. The van der Waals surface area contributed by atoms with Crippen molar-refractivity contribution in [1.82, 2.24) is 9.78 Å². The SMILES string of the molecule is Cc1nn(Cc2ccccc2Cl)c(C)c1/C=C(\C#N)C(=O)Nc1ccc(C(=O)O)cc1. The van der Waals surface area contributed by atoms with Gasteiger partial charge in [0.15, 0.2) is 0 Å². The maximum atomic E-state index is 12.6. The summed E-state index contributed by atoms with van der Waals surface area (Å²) in [7, 11) is 0. The highest BCUT2D eigenvalue weighted by atomic mass is 35.5. The number of benzene rings is 2. The molecule has 0 saturated heterocycles. The van der Waals surface area contributed by atoms with Crippen molar-refractivity contribution in [3.05, 3.63) is 87.2 Å². The molecule has 0 bridgehead atoms. The van der Waals surface area contributed by atoms with Gasteiger partial charge in [0.1, 0.15) is 11.6 Å². The molecular weight excluding hydrogens is 416 g/mol. The fraction of sp³-hybridized carbons (Fsp3) is 0.130. The van der Waals surface area contributed by atoms with Crippen molar-refractivity contribution in [3.63, 3.8) is 0 Å². The van der Waals surface area contributed by atoms with Crippen molar-refractivity contribution in [1.29, 1.82) is 5.26 Å². The zero-order valence-corrected chi connectivity index (χ0v) is 17.6. The minimum Gasteiger partial charge on any atom is -0.478 e. The summed E-state index contributed by atoms with van der Waals surface area (Å²) < 4.78 is 1.78. The molecule has 8 heteroatoms. The Morgan fingerprint density at radius 3 is 2.48 bits per heavy atom. The average Bonchev–Trinajstić information content (AvgIpc) is 3.00. The third kappa shape index (κ3) is 5.00. The minimum absolute atomic E-state index is 0.0918. The zero-order chi connectivity index (χ0) is 22.5. The van der Waals surface area contributed by atoms with Crippen LogP contribution in [0.5, 0.6) is 0 Å². The van der Waals surface area contributed by atoms with Gasteiger partial charge in [-0.15, -0.1) is 0 Å². The number of carbonyl (C=O) groups excluding carboxylic acids is 1. The van der Waals surface area contributed by atoms with Crippen LogP contribution < -0.4 is 5.32 Å². The summed E-state index contributed by atoms with van der Waals surface area (Å²) in [5.74, 6) is -1.65. The van der Waals surface area contributed by atoms with Gasteiger partial charge in [0, 0.05) is 22.0 Å². The Bertz CT molecular complexity index is 1220. The van der Waals surface area contributed by atoms with Crippen LogP contribution in [0.25, 0.3) is 6.08 Å². The van der Waals surface area contributed by atoms with E-state index in [9.17, 15) is 14.9 Å². The van der Waals surface area contributed by atoms with E-state index in [-0.39, 0.29) is 11.1 Å². The van der Waals surface area contributed by atoms with Crippen LogP contribution in [0.4, 0.5) is 5.69 Å². The molecule has 2 aromatic carbocycles. The predicted molar refractivity (Wildman–Crippen MR) is 118 cm³/mol. The zero-order valence-electron chi connectivity index (χ0n) is 16.9. The number of halogens is 1. The molecule has 3 rings (SSSR count). The highest BCUT2D eigenvalue weighted by molar-refractivity contribution is 6.31. The van der Waals surface area contributed by atoms with Crippen molar-refractivity contribution < 1.29 is 14.7 Å². The van der Waals surface area contributed by atoms with Gasteiger partial charge in [0.2, 0.25) is 0 Å². The van der Waals surface area contributed by atoms with Gasteiger partial charge in [0.05, 0.1) is 17.8 Å². The summed E-state index contributed by atoms with van der Waals surface area (Å²) in [6.45, 7) is 4.13. The monoisotopic (exact) mass is 434 g/mol. The quantitative estimate of drug-likeness (QED) is 0.440. The number of rotatable bonds is 6. The topological polar surface area (TPSA) is 108 Å². The number of aromatic nitrogens is 2. The first-order valence-electron chi connectivity index (χ1n) is 9.34. The van der Waals surface area contributed by atoms with Crippen molar-refractivity contribution >= 4 is 35.2 Å². The fourth-order valence-corrected chi connectivity index (χ4v) is 3.24. The van der Waals surface area contributed by atoms with Crippen LogP contribution in [0.2, 0.25) is 5.02 Å². The highest BCUT2D eigenvalue weighted by Crippen LogP contribution is 2.21. The Morgan fingerprint density at radius 1 is 1.19 bits per heavy atom. The van der Waals surface area contributed by atoms with Crippen molar-refractivity contribution in [2.75, 3.05) is 5.32 Å². The molecular formula is C23H19ClN4O3. The number of amides is 1. The highest BCUT2D eigenvalue weighted by Gasteiger charge is 2.16. The van der Waals surface area contributed by atoms with Gasteiger partial charge in [0.25, 0.3) is 5.91 Å². The molecule has 0 aliphatic heterocycles. The predicted octanol–water partition coefficient (Wildman–Crippen LogP) is 4.45. The minimum atomic E-state index is -1.06. The van der Waals surface area contributed by atoms with Gasteiger partial charge in [-0.3, -0.25) is 9.48 Å². The third-order valence-electron chi connectivity index (χ3n) is 4.76. The van der Waals surface area contributed by atoms with Crippen LogP contribution in [-0.4, -0.2) is 26.8 Å². The third-order valence-corrected chi connectivity index (χ3v) is 5.13. The lowest BCUT2D eigenvalue weighted by Gasteiger charge is -2.07. The molecule has 0 atom stereocenters. The number of nitriles is 1. The lowest BCUT2D eigenvalue weighted by atomic mass is 10.1. The molecule has 1 heterocycles. The molecule has 1 aromatic heterocycles. The molecule has 3 aromatic rings. The second-order valence-corrected chi connectivity index (χ2v) is 7.25. The number of hydrogen-bond donors (Lipinski definition) is 2. The molecule has 0 fully saturated rings. The van der Waals surface area contributed by atoms with E-state index in [2.05, 4.69) is 10.4 Å². The lowest BCUT2D eigenvalue weighted by Crippen LogP contribution is -2.13. The number of nitrogens with one attached hydrogen (secondary N) is 1. The van der Waals surface area contributed by atoms with E-state index < -0.39 is 11.9 Å². The normalized spacial score (nSPS) is 11.1. The number of aryl methyl sites for hydroxylation is 1. The summed E-state index contributed by atoms with van der Waals surface area (Å²) in [6, 6.07) is 15.1. The molecule has 0 aliphatic rings. The standard InChI is InChI=1S/C23H19ClN4O3/c1-14-20(15(2)28(27-14)13-17-5-3-4-6-21(17)24)11-18(12-25)22(29)26-19-9-7-16(8-10-19)23(30)31/h3-11H,13H2,1-2H3,(H,26,29)(H,30,31)/b18-11+. The second-order valence-electron chi connectivity index (χ2n) is 6.84. The van der Waals surface area contributed by atoms with Crippen molar-refractivity contribution in [2.45, 2.75) is 20.4 Å². The number of nitrogens with zero attached hydrogens (tertiary/aromatic N) is 3. The molecule has 0 radical (unpaired) electrons. The number of aromatic carboxylic acids is 1. The summed E-state index contributed by atoms with van der Waals surface area (Å²) in [6.07, 6.45) is 1.50. The van der Waals surface area contributed by atoms with Crippen LogP contribution in [0, 0.1) is 25.2 Å². The number of anilines is 1. The molecule has 0 spiro atoms. The number of carbonyl (C=O) groups is 2. The van der Waals surface area contributed by atoms with Crippen molar-refractivity contribution in [3.8, 4) is 6.07 Å². The van der Waals surface area contributed by atoms with Crippen LogP contribution >= 0.6 is 11.6 Å². The maximum absolute atomic E-state index is 12.6. The Morgan fingerprint density at radius 2 is 1.87 bits per heavy atom. The van der Waals surface area contributed by atoms with Crippen molar-refractivity contribution in [2.24, 2.45) is 0 Å². The van der Waals surface area contributed by atoms with E-state index in [1.54, 1.807) is 11.6 Å². The number of hydrogen-bond acceptors (Lipinski definition) is 4. The Hall–Kier alpha value is -3.89. The van der Waals surface area contributed by atoms with E-state index in [0.29, 0.717) is 28.5 Å². The first kappa shape index (κ1) is 21.8. The van der Waals surface area contributed by atoms with E-state index in [1.807, 2.05) is 37.3 Å². The van der Waals surface area contributed by atoms with E-state index in [4.69, 9.17) is 16.7 Å². The van der Waals surface area contributed by atoms with Crippen LogP contribution in [-0.2, 0) is 11.3 Å². The summed E-state index contributed by atoms with van der Waals surface area (Å²) in [5.41, 5.74) is 3.46. The molecule has 156 valence electrons. The Kier molecular flexibility index (Phi) is 6.53. The van der Waals surface area contributed by atoms with Gasteiger partial charge >= 0.3 is 5.97 Å². The summed E-state index contributed by atoms with van der Waals surface area (Å²) in [4.78, 5) is 23.5. The van der Waals surface area contributed by atoms with Crippen LogP contribution in [0.3, 0.4) is 0 Å². The Balaban J connectivity index is 1.84. The first-order valence-corrected chi connectivity index (χ1v) is 9.72. The van der Waals surface area contributed by atoms with Crippen LogP contribution in [0.1, 0.15) is 32.9 Å². The van der Waals surface area contributed by atoms with Gasteiger partial charge in [-0.05, 0) is 55.8 Å². The average molecular weight is 435 g/mol. The van der Waals surface area contributed by atoms with E-state index in [0.717, 1.165) is 11.3 Å². The maximum Gasteiger partial charge on any atom is 0.335 e. The van der Waals surface area contributed by atoms with Gasteiger partial charge in [-0.1, -0.05) is 29.8 Å². The molecule has 0 unspecified atom stereocenters. The van der Waals surface area contributed by atoms with Crippen LogP contribution in [0.15, 0.2) is 54.1 Å². The van der Waals surface area contributed by atoms with Gasteiger partial charge in [-0.25, -0.2) is 4.79 Å². The largest absolute Gasteiger partial charge is 0.478 e. The molecule has 1 amide bonds. The second kappa shape index (κ2) is 9.28. The first-order chi connectivity index (χ1) is 14.8. The van der Waals surface area contributed by atoms with Gasteiger partial charge < -0.3 is 10.4 Å².